The van der Waals surface area contributed by atoms with Crippen LogP contribution < -0.4 is 19.5 Å². The molecule has 0 aliphatic heterocycles. The maximum absolute atomic E-state index is 12.1. The van der Waals surface area contributed by atoms with E-state index >= 15 is 0 Å². The first-order valence-corrected chi connectivity index (χ1v) is 7.39. The van der Waals surface area contributed by atoms with Crippen molar-refractivity contribution in [2.24, 2.45) is 0 Å². The van der Waals surface area contributed by atoms with E-state index in [2.05, 4.69) is 5.32 Å². The number of hydrogen-bond acceptors (Lipinski definition) is 4. The third-order valence-electron chi connectivity index (χ3n) is 3.58. The minimum Gasteiger partial charge on any atom is -0.497 e. The Labute approximate surface area is 139 Å². The van der Waals surface area contributed by atoms with E-state index in [4.69, 9.17) is 14.2 Å². The zero-order valence-electron chi connectivity index (χ0n) is 13.4. The standard InChI is InChI=1S/C19H17NO4/c1-22-15-9-10-17(18(12-15)23-2)20-19(21)24-16-8-7-13-5-3-4-6-14(13)11-16/h3-12H,1-2H3,(H,20,21). The lowest BCUT2D eigenvalue weighted by molar-refractivity contribution is 0.215. The minimum atomic E-state index is -0.589. The molecule has 0 saturated carbocycles. The van der Waals surface area contributed by atoms with Gasteiger partial charge in [0.25, 0.3) is 0 Å². The maximum atomic E-state index is 12.1. The first-order chi connectivity index (χ1) is 11.7. The molecule has 0 saturated heterocycles. The number of benzene rings is 3. The summed E-state index contributed by atoms with van der Waals surface area (Å²) in [6.07, 6.45) is -0.589. The number of rotatable bonds is 4. The van der Waals surface area contributed by atoms with Crippen LogP contribution in [0.15, 0.2) is 60.7 Å². The second-order valence-corrected chi connectivity index (χ2v) is 5.09. The van der Waals surface area contributed by atoms with Gasteiger partial charge in [0.15, 0.2) is 0 Å². The van der Waals surface area contributed by atoms with Crippen molar-refractivity contribution in [1.82, 2.24) is 0 Å². The Bertz CT molecular complexity index is 876. The van der Waals surface area contributed by atoms with Crippen LogP contribution in [-0.2, 0) is 0 Å². The zero-order chi connectivity index (χ0) is 16.9. The largest absolute Gasteiger partial charge is 0.497 e. The van der Waals surface area contributed by atoms with Gasteiger partial charge in [-0.15, -0.1) is 0 Å². The topological polar surface area (TPSA) is 56.8 Å². The van der Waals surface area contributed by atoms with Crippen LogP contribution in [0.25, 0.3) is 10.8 Å². The second-order valence-electron chi connectivity index (χ2n) is 5.09. The summed E-state index contributed by atoms with van der Waals surface area (Å²) in [5.74, 6) is 1.60. The van der Waals surface area contributed by atoms with Crippen LogP contribution in [0, 0.1) is 0 Å². The van der Waals surface area contributed by atoms with E-state index in [1.165, 1.54) is 7.11 Å². The van der Waals surface area contributed by atoms with Gasteiger partial charge in [-0.05, 0) is 35.0 Å². The molecule has 0 aromatic heterocycles. The quantitative estimate of drug-likeness (QED) is 0.770. The molecule has 1 N–H and O–H groups in total. The number of hydrogen-bond donors (Lipinski definition) is 1. The van der Waals surface area contributed by atoms with Crippen molar-refractivity contribution < 1.29 is 19.0 Å². The smallest absolute Gasteiger partial charge is 0.417 e. The Morgan fingerprint density at radius 2 is 1.58 bits per heavy atom. The number of amides is 1. The summed E-state index contributed by atoms with van der Waals surface area (Å²) in [5.41, 5.74) is 0.504. The van der Waals surface area contributed by atoms with E-state index in [-0.39, 0.29) is 0 Å². The molecule has 0 bridgehead atoms. The summed E-state index contributed by atoms with van der Waals surface area (Å²) in [5, 5.41) is 4.76. The molecule has 0 aliphatic rings. The van der Waals surface area contributed by atoms with Crippen LogP contribution in [0.5, 0.6) is 17.2 Å². The first kappa shape index (κ1) is 15.7. The van der Waals surface area contributed by atoms with Crippen molar-refractivity contribution in [3.63, 3.8) is 0 Å². The third kappa shape index (κ3) is 3.41. The average molecular weight is 323 g/mol. The van der Waals surface area contributed by atoms with Gasteiger partial charge in [-0.2, -0.15) is 0 Å². The van der Waals surface area contributed by atoms with Gasteiger partial charge in [0.1, 0.15) is 17.2 Å². The summed E-state index contributed by atoms with van der Waals surface area (Å²) >= 11 is 0. The summed E-state index contributed by atoms with van der Waals surface area (Å²) in [6.45, 7) is 0. The maximum Gasteiger partial charge on any atom is 0.417 e. The monoisotopic (exact) mass is 323 g/mol. The minimum absolute atomic E-state index is 0.471. The molecule has 0 heterocycles. The van der Waals surface area contributed by atoms with Crippen LogP contribution >= 0.6 is 0 Å². The van der Waals surface area contributed by atoms with Gasteiger partial charge in [0, 0.05) is 6.07 Å². The molecule has 24 heavy (non-hydrogen) atoms. The van der Waals surface area contributed by atoms with Gasteiger partial charge in [0.2, 0.25) is 0 Å². The lowest BCUT2D eigenvalue weighted by atomic mass is 10.1. The Hall–Kier alpha value is -3.21. The van der Waals surface area contributed by atoms with Crippen LogP contribution in [0.3, 0.4) is 0 Å². The van der Waals surface area contributed by atoms with Gasteiger partial charge in [-0.25, -0.2) is 4.79 Å². The molecule has 3 rings (SSSR count). The highest BCUT2D eigenvalue weighted by Gasteiger charge is 2.11. The van der Waals surface area contributed by atoms with Gasteiger partial charge in [-0.1, -0.05) is 30.3 Å². The molecule has 1 amide bonds. The molecular weight excluding hydrogens is 306 g/mol. The Morgan fingerprint density at radius 1 is 0.833 bits per heavy atom. The second kappa shape index (κ2) is 6.91. The molecule has 0 unspecified atom stereocenters. The van der Waals surface area contributed by atoms with Crippen molar-refractivity contribution in [2.45, 2.75) is 0 Å². The molecular formula is C19H17NO4. The summed E-state index contributed by atoms with van der Waals surface area (Å²) < 4.78 is 15.7. The van der Waals surface area contributed by atoms with Crippen LogP contribution in [0.4, 0.5) is 10.5 Å². The van der Waals surface area contributed by atoms with Crippen LogP contribution in [-0.4, -0.2) is 20.3 Å². The normalized spacial score (nSPS) is 10.2. The van der Waals surface area contributed by atoms with E-state index in [0.29, 0.717) is 22.9 Å². The van der Waals surface area contributed by atoms with Crippen molar-refractivity contribution >= 4 is 22.6 Å². The Balaban J connectivity index is 1.75. The highest BCUT2D eigenvalue weighted by Crippen LogP contribution is 2.29. The predicted octanol–water partition coefficient (Wildman–Crippen LogP) is 4.47. The number of nitrogens with one attached hydrogen (secondary N) is 1. The van der Waals surface area contributed by atoms with E-state index in [0.717, 1.165) is 10.8 Å². The molecule has 3 aromatic rings. The SMILES string of the molecule is COc1ccc(NC(=O)Oc2ccc3ccccc3c2)c(OC)c1. The molecule has 0 aliphatic carbocycles. The van der Waals surface area contributed by atoms with Crippen molar-refractivity contribution in [2.75, 3.05) is 19.5 Å². The number of methoxy groups -OCH3 is 2. The van der Waals surface area contributed by atoms with Crippen molar-refractivity contribution in [1.29, 1.82) is 0 Å². The van der Waals surface area contributed by atoms with Crippen LogP contribution in [0.2, 0.25) is 0 Å². The number of carbonyl (C=O) groups excluding carboxylic acids is 1. The molecule has 0 radical (unpaired) electrons. The molecule has 5 nitrogen and oxygen atoms in total. The number of ether oxygens (including phenoxy) is 3. The average Bonchev–Trinajstić information content (AvgIpc) is 2.62. The van der Waals surface area contributed by atoms with Gasteiger partial charge < -0.3 is 14.2 Å². The van der Waals surface area contributed by atoms with Gasteiger partial charge in [-0.3, -0.25) is 5.32 Å². The third-order valence-corrected chi connectivity index (χ3v) is 3.58. The summed E-state index contributed by atoms with van der Waals surface area (Å²) in [6, 6.07) is 18.5. The highest BCUT2D eigenvalue weighted by atomic mass is 16.6. The molecule has 122 valence electrons. The lowest BCUT2D eigenvalue weighted by Crippen LogP contribution is -2.17. The van der Waals surface area contributed by atoms with Crippen molar-refractivity contribution in [3.05, 3.63) is 60.7 Å². The number of fused-ring (bicyclic) bond motifs is 1. The lowest BCUT2D eigenvalue weighted by Gasteiger charge is -2.12. The van der Waals surface area contributed by atoms with Gasteiger partial charge in [0.05, 0.1) is 19.9 Å². The van der Waals surface area contributed by atoms with E-state index < -0.39 is 6.09 Å². The fourth-order valence-electron chi connectivity index (χ4n) is 2.38. The number of anilines is 1. The van der Waals surface area contributed by atoms with E-state index in [1.807, 2.05) is 36.4 Å². The molecule has 5 heteroatoms. The molecule has 3 aromatic carbocycles. The van der Waals surface area contributed by atoms with Crippen LogP contribution in [0.1, 0.15) is 0 Å². The van der Waals surface area contributed by atoms with E-state index in [1.54, 1.807) is 31.4 Å². The molecule has 0 fully saturated rings. The Kier molecular flexibility index (Phi) is 4.52. The van der Waals surface area contributed by atoms with Gasteiger partial charge >= 0.3 is 6.09 Å². The van der Waals surface area contributed by atoms with Crippen molar-refractivity contribution in [3.8, 4) is 17.2 Å². The fraction of sp³-hybridized carbons (Fsp3) is 0.105. The summed E-state index contributed by atoms with van der Waals surface area (Å²) in [7, 11) is 3.09. The highest BCUT2D eigenvalue weighted by molar-refractivity contribution is 5.90. The first-order valence-electron chi connectivity index (χ1n) is 7.39. The summed E-state index contributed by atoms with van der Waals surface area (Å²) in [4.78, 5) is 12.1. The predicted molar refractivity (Wildman–Crippen MR) is 93.1 cm³/mol. The molecule has 0 atom stereocenters. The number of carbonyl (C=O) groups is 1. The Morgan fingerprint density at radius 3 is 2.33 bits per heavy atom. The zero-order valence-corrected chi connectivity index (χ0v) is 13.4. The van der Waals surface area contributed by atoms with E-state index in [9.17, 15) is 4.79 Å². The fourth-order valence-corrected chi connectivity index (χ4v) is 2.38. The molecule has 0 spiro atoms.